The number of amides is 1. The van der Waals surface area contributed by atoms with Gasteiger partial charge < -0.3 is 5.32 Å². The Hall–Kier alpha value is -4.10. The minimum absolute atomic E-state index is 0.144. The lowest BCUT2D eigenvalue weighted by Gasteiger charge is -2.31. The van der Waals surface area contributed by atoms with Crippen molar-refractivity contribution in [3.8, 4) is 22.4 Å². The molecule has 1 N–H and O–H groups in total. The minimum atomic E-state index is 0.144. The Morgan fingerprint density at radius 1 is 1.00 bits per heavy atom. The van der Waals surface area contributed by atoms with Crippen molar-refractivity contribution in [2.24, 2.45) is 5.92 Å². The van der Waals surface area contributed by atoms with Gasteiger partial charge in [-0.3, -0.25) is 9.69 Å². The highest BCUT2D eigenvalue weighted by Crippen LogP contribution is 2.34. The summed E-state index contributed by atoms with van der Waals surface area (Å²) in [6.45, 7) is 7.62. The fourth-order valence-corrected chi connectivity index (χ4v) is 5.48. The van der Waals surface area contributed by atoms with Gasteiger partial charge in [0, 0.05) is 47.8 Å². The Kier molecular flexibility index (Phi) is 7.07. The van der Waals surface area contributed by atoms with Crippen molar-refractivity contribution < 1.29 is 4.79 Å². The van der Waals surface area contributed by atoms with Crippen molar-refractivity contribution in [3.05, 3.63) is 84.2 Å². The van der Waals surface area contributed by atoms with Crippen molar-refractivity contribution in [2.45, 2.75) is 39.7 Å². The predicted octanol–water partition coefficient (Wildman–Crippen LogP) is 5.66. The zero-order valence-corrected chi connectivity index (χ0v) is 22.6. The number of hydrogen-bond acceptors (Lipinski definition) is 5. The largest absolute Gasteiger partial charge is 0.356 e. The molecular formula is C32H34N6O. The summed E-state index contributed by atoms with van der Waals surface area (Å²) in [4.78, 5) is 24.5. The van der Waals surface area contributed by atoms with Gasteiger partial charge in [0.25, 0.3) is 0 Å². The number of nitrogens with one attached hydrogen (secondary N) is 1. The van der Waals surface area contributed by atoms with E-state index in [2.05, 4.69) is 81.8 Å². The molecule has 5 aromatic rings. The van der Waals surface area contributed by atoms with E-state index in [0.717, 1.165) is 90.2 Å². The van der Waals surface area contributed by atoms with Crippen LogP contribution in [0.5, 0.6) is 0 Å². The molecule has 39 heavy (non-hydrogen) atoms. The fourth-order valence-electron chi connectivity index (χ4n) is 5.48. The van der Waals surface area contributed by atoms with E-state index in [9.17, 15) is 4.79 Å². The van der Waals surface area contributed by atoms with E-state index in [4.69, 9.17) is 4.98 Å². The molecule has 6 rings (SSSR count). The normalized spacial score (nSPS) is 14.7. The van der Waals surface area contributed by atoms with Crippen LogP contribution in [0, 0.1) is 12.8 Å². The van der Waals surface area contributed by atoms with E-state index >= 15 is 0 Å². The highest BCUT2D eigenvalue weighted by Gasteiger charge is 2.24. The third kappa shape index (κ3) is 5.27. The molecule has 1 aliphatic rings. The first-order valence-electron chi connectivity index (χ1n) is 13.9. The van der Waals surface area contributed by atoms with Crippen LogP contribution in [-0.2, 0) is 11.3 Å². The Balaban J connectivity index is 1.27. The molecule has 4 heterocycles. The highest BCUT2D eigenvalue weighted by molar-refractivity contribution is 5.90. The molecule has 1 saturated heterocycles. The van der Waals surface area contributed by atoms with Crippen LogP contribution in [0.4, 0.5) is 0 Å². The second-order valence-electron chi connectivity index (χ2n) is 10.5. The number of rotatable bonds is 7. The maximum atomic E-state index is 12.3. The van der Waals surface area contributed by atoms with Crippen LogP contribution in [-0.4, -0.2) is 50.0 Å². The van der Waals surface area contributed by atoms with E-state index in [1.54, 1.807) is 0 Å². The van der Waals surface area contributed by atoms with Crippen LogP contribution in [0.3, 0.4) is 0 Å². The van der Waals surface area contributed by atoms with Crippen molar-refractivity contribution in [1.29, 1.82) is 0 Å². The van der Waals surface area contributed by atoms with E-state index in [-0.39, 0.29) is 11.8 Å². The Bertz CT molecular complexity index is 1600. The molecule has 0 radical (unpaired) electrons. The van der Waals surface area contributed by atoms with Gasteiger partial charge in [-0.05, 0) is 56.5 Å². The third-order valence-electron chi connectivity index (χ3n) is 7.61. The van der Waals surface area contributed by atoms with Crippen molar-refractivity contribution in [3.63, 3.8) is 0 Å². The summed E-state index contributed by atoms with van der Waals surface area (Å²) < 4.78 is 1.84. The van der Waals surface area contributed by atoms with Crippen molar-refractivity contribution in [1.82, 2.24) is 29.8 Å². The molecule has 1 fully saturated rings. The second kappa shape index (κ2) is 10.9. The maximum Gasteiger partial charge on any atom is 0.223 e. The number of likely N-dealkylation sites (tertiary alicyclic amines) is 1. The van der Waals surface area contributed by atoms with Crippen LogP contribution in [0.2, 0.25) is 0 Å². The molecule has 0 aliphatic carbocycles. The monoisotopic (exact) mass is 518 g/mol. The SMILES string of the molecule is CCCNC(=O)C1CCN(Cc2ccc(-c3nc4c(cnc5cc(C)nn54)cc3-c3ccccc3)cc2)CC1. The van der Waals surface area contributed by atoms with Gasteiger partial charge in [0.2, 0.25) is 5.91 Å². The molecule has 0 unspecified atom stereocenters. The lowest BCUT2D eigenvalue weighted by molar-refractivity contribution is -0.126. The van der Waals surface area contributed by atoms with Gasteiger partial charge in [0.1, 0.15) is 0 Å². The molecule has 0 saturated carbocycles. The molecule has 2 aromatic carbocycles. The number of aryl methyl sites for hydroxylation is 1. The first-order valence-corrected chi connectivity index (χ1v) is 13.9. The summed E-state index contributed by atoms with van der Waals surface area (Å²) in [5.41, 5.74) is 7.98. The number of carbonyl (C=O) groups is 1. The van der Waals surface area contributed by atoms with Crippen molar-refractivity contribution >= 4 is 22.6 Å². The summed E-state index contributed by atoms with van der Waals surface area (Å²) >= 11 is 0. The third-order valence-corrected chi connectivity index (χ3v) is 7.61. The highest BCUT2D eigenvalue weighted by atomic mass is 16.1. The lowest BCUT2D eigenvalue weighted by atomic mass is 9.95. The fraction of sp³-hybridized carbons (Fsp3) is 0.312. The average Bonchev–Trinajstić information content (AvgIpc) is 3.37. The van der Waals surface area contributed by atoms with Gasteiger partial charge in [-0.1, -0.05) is 61.5 Å². The maximum absolute atomic E-state index is 12.3. The van der Waals surface area contributed by atoms with E-state index in [0.29, 0.717) is 0 Å². The van der Waals surface area contributed by atoms with Crippen molar-refractivity contribution in [2.75, 3.05) is 19.6 Å². The topological polar surface area (TPSA) is 75.4 Å². The quantitative estimate of drug-likeness (QED) is 0.301. The average molecular weight is 519 g/mol. The predicted molar refractivity (Wildman–Crippen MR) is 155 cm³/mol. The van der Waals surface area contributed by atoms with Crippen LogP contribution in [0.1, 0.15) is 37.4 Å². The standard InChI is InChI=1S/C32H34N6O/c1-3-15-33-32(39)26-13-16-37(17-14-26)21-23-9-11-25(12-10-23)30-28(24-7-5-4-6-8-24)19-27-20-34-29-18-22(2)36-38(29)31(27)35-30/h4-12,18-20,26H,3,13-17,21H2,1-2H3,(H,33,39). The van der Waals surface area contributed by atoms with Gasteiger partial charge in [-0.25, -0.2) is 9.97 Å². The summed E-state index contributed by atoms with van der Waals surface area (Å²) in [5.74, 6) is 0.363. The zero-order valence-electron chi connectivity index (χ0n) is 22.6. The number of pyridine rings is 1. The summed E-state index contributed by atoms with van der Waals surface area (Å²) in [6.07, 6.45) is 4.71. The molecular weight excluding hydrogens is 484 g/mol. The second-order valence-corrected chi connectivity index (χ2v) is 10.5. The number of carbonyl (C=O) groups excluding carboxylic acids is 1. The Morgan fingerprint density at radius 2 is 1.77 bits per heavy atom. The molecule has 198 valence electrons. The number of fused-ring (bicyclic) bond motifs is 3. The molecule has 0 bridgehead atoms. The number of hydrogen-bond donors (Lipinski definition) is 1. The Labute approximate surface area is 228 Å². The van der Waals surface area contributed by atoms with Gasteiger partial charge in [0.05, 0.1) is 11.4 Å². The molecule has 0 atom stereocenters. The minimum Gasteiger partial charge on any atom is -0.356 e. The van der Waals surface area contributed by atoms with Crippen LogP contribution in [0.25, 0.3) is 39.1 Å². The van der Waals surface area contributed by atoms with Crippen LogP contribution >= 0.6 is 0 Å². The van der Waals surface area contributed by atoms with Gasteiger partial charge in [0.15, 0.2) is 11.3 Å². The van der Waals surface area contributed by atoms with Gasteiger partial charge >= 0.3 is 0 Å². The molecule has 1 amide bonds. The summed E-state index contributed by atoms with van der Waals surface area (Å²) in [7, 11) is 0. The van der Waals surface area contributed by atoms with Crippen LogP contribution < -0.4 is 5.32 Å². The number of nitrogens with zero attached hydrogens (tertiary/aromatic N) is 5. The first kappa shape index (κ1) is 25.2. The van der Waals surface area contributed by atoms with Gasteiger partial charge in [-0.2, -0.15) is 9.61 Å². The summed E-state index contributed by atoms with van der Waals surface area (Å²) in [5, 5.41) is 8.66. The zero-order chi connectivity index (χ0) is 26.8. The van der Waals surface area contributed by atoms with E-state index in [1.165, 1.54) is 5.56 Å². The van der Waals surface area contributed by atoms with Gasteiger partial charge in [-0.15, -0.1) is 0 Å². The molecule has 7 nitrogen and oxygen atoms in total. The number of aromatic nitrogens is 4. The lowest BCUT2D eigenvalue weighted by Crippen LogP contribution is -2.40. The molecule has 1 aliphatic heterocycles. The summed E-state index contributed by atoms with van der Waals surface area (Å²) in [6, 6.07) is 23.3. The smallest absolute Gasteiger partial charge is 0.223 e. The first-order chi connectivity index (χ1) is 19.1. The molecule has 3 aromatic heterocycles. The van der Waals surface area contributed by atoms with E-state index < -0.39 is 0 Å². The number of benzene rings is 2. The van der Waals surface area contributed by atoms with Crippen LogP contribution in [0.15, 0.2) is 72.9 Å². The number of piperidine rings is 1. The Morgan fingerprint density at radius 3 is 2.51 bits per heavy atom. The van der Waals surface area contributed by atoms with E-state index in [1.807, 2.05) is 29.8 Å². The molecule has 7 heteroatoms. The molecule has 0 spiro atoms.